The third-order valence-corrected chi connectivity index (χ3v) is 1.82. The normalized spacial score (nSPS) is 28.0. The Morgan fingerprint density at radius 2 is 2.33 bits per heavy atom. The molecule has 9 heavy (non-hydrogen) atoms. The standard InChI is InChI=1S/C6H14N2.BrH/c1-8-3-2-6(4-7)5-8;/h6H,2-5,7H2,1H3;1H. The lowest BCUT2D eigenvalue weighted by atomic mass is 10.1. The molecule has 1 heterocycles. The van der Waals surface area contributed by atoms with E-state index in [1.54, 1.807) is 0 Å². The molecule has 0 aromatic rings. The molecule has 0 amide bonds. The van der Waals surface area contributed by atoms with Gasteiger partial charge in [-0.05, 0) is 32.5 Å². The lowest BCUT2D eigenvalue weighted by Crippen LogP contribution is -2.18. The van der Waals surface area contributed by atoms with E-state index in [9.17, 15) is 0 Å². The molecule has 0 bridgehead atoms. The number of rotatable bonds is 1. The van der Waals surface area contributed by atoms with E-state index >= 15 is 0 Å². The smallest absolute Gasteiger partial charge is 0.00191 e. The maximum Gasteiger partial charge on any atom is 0.00191 e. The monoisotopic (exact) mass is 194 g/mol. The van der Waals surface area contributed by atoms with Crippen LogP contribution in [0.4, 0.5) is 0 Å². The summed E-state index contributed by atoms with van der Waals surface area (Å²) in [6.45, 7) is 3.31. The Bertz CT molecular complexity index is 77.5. The summed E-state index contributed by atoms with van der Waals surface area (Å²) < 4.78 is 0. The van der Waals surface area contributed by atoms with Crippen LogP contribution in [0.1, 0.15) is 6.42 Å². The first-order valence-electron chi connectivity index (χ1n) is 3.21. The van der Waals surface area contributed by atoms with Gasteiger partial charge in [0.15, 0.2) is 0 Å². The highest BCUT2D eigenvalue weighted by Gasteiger charge is 2.16. The van der Waals surface area contributed by atoms with Crippen LogP contribution >= 0.6 is 17.0 Å². The zero-order valence-electron chi connectivity index (χ0n) is 5.84. The van der Waals surface area contributed by atoms with Crippen LogP contribution in [-0.4, -0.2) is 31.6 Å². The second-order valence-electron chi connectivity index (χ2n) is 2.65. The molecule has 0 aromatic carbocycles. The van der Waals surface area contributed by atoms with Crippen molar-refractivity contribution in [2.75, 3.05) is 26.7 Å². The first-order valence-corrected chi connectivity index (χ1v) is 3.21. The highest BCUT2D eigenvalue weighted by atomic mass is 79.9. The van der Waals surface area contributed by atoms with Crippen LogP contribution in [0.15, 0.2) is 0 Å². The summed E-state index contributed by atoms with van der Waals surface area (Å²) >= 11 is 0. The molecule has 3 heteroatoms. The van der Waals surface area contributed by atoms with E-state index in [2.05, 4.69) is 11.9 Å². The molecular formula is C6H15BrN2. The van der Waals surface area contributed by atoms with Crippen LogP contribution in [-0.2, 0) is 0 Å². The SMILES string of the molecule is Br.CN1CCC(CN)C1. The van der Waals surface area contributed by atoms with Gasteiger partial charge in [-0.25, -0.2) is 0 Å². The molecule has 0 saturated carbocycles. The van der Waals surface area contributed by atoms with Gasteiger partial charge in [0.25, 0.3) is 0 Å². The Labute approximate surface area is 67.2 Å². The zero-order valence-corrected chi connectivity index (χ0v) is 7.55. The predicted molar refractivity (Wildman–Crippen MR) is 45.0 cm³/mol. The van der Waals surface area contributed by atoms with Crippen LogP contribution in [0.5, 0.6) is 0 Å². The van der Waals surface area contributed by atoms with Crippen LogP contribution in [0.2, 0.25) is 0 Å². The van der Waals surface area contributed by atoms with Crippen molar-refractivity contribution in [2.45, 2.75) is 6.42 Å². The lowest BCUT2D eigenvalue weighted by Gasteiger charge is -2.05. The van der Waals surface area contributed by atoms with Gasteiger partial charge in [-0.15, -0.1) is 17.0 Å². The molecule has 0 spiro atoms. The summed E-state index contributed by atoms with van der Waals surface area (Å²) in [6, 6.07) is 0. The molecule has 2 N–H and O–H groups in total. The molecular weight excluding hydrogens is 180 g/mol. The molecule has 1 fully saturated rings. The number of nitrogens with two attached hydrogens (primary N) is 1. The van der Waals surface area contributed by atoms with E-state index in [4.69, 9.17) is 5.73 Å². The lowest BCUT2D eigenvalue weighted by molar-refractivity contribution is 0.397. The van der Waals surface area contributed by atoms with Gasteiger partial charge in [0.1, 0.15) is 0 Å². The van der Waals surface area contributed by atoms with Crippen molar-refractivity contribution >= 4 is 17.0 Å². The topological polar surface area (TPSA) is 29.3 Å². The molecule has 1 aliphatic heterocycles. The minimum atomic E-state index is 0. The maximum absolute atomic E-state index is 5.47. The largest absolute Gasteiger partial charge is 0.330 e. The van der Waals surface area contributed by atoms with Crippen molar-refractivity contribution in [1.29, 1.82) is 0 Å². The Kier molecular flexibility index (Phi) is 4.44. The molecule has 0 radical (unpaired) electrons. The van der Waals surface area contributed by atoms with Crippen molar-refractivity contribution in [3.05, 3.63) is 0 Å². The Hall–Kier alpha value is 0.400. The van der Waals surface area contributed by atoms with Gasteiger partial charge < -0.3 is 10.6 Å². The summed E-state index contributed by atoms with van der Waals surface area (Å²) in [6.07, 6.45) is 1.30. The van der Waals surface area contributed by atoms with Gasteiger partial charge in [-0.1, -0.05) is 0 Å². The fourth-order valence-corrected chi connectivity index (χ4v) is 1.22. The van der Waals surface area contributed by atoms with Gasteiger partial charge in [0.2, 0.25) is 0 Å². The fraction of sp³-hybridized carbons (Fsp3) is 1.00. The molecule has 1 atom stereocenters. The van der Waals surface area contributed by atoms with Crippen LogP contribution in [0.25, 0.3) is 0 Å². The average molecular weight is 195 g/mol. The van der Waals surface area contributed by atoms with Crippen molar-refractivity contribution in [3.63, 3.8) is 0 Å². The molecule has 0 aromatic heterocycles. The van der Waals surface area contributed by atoms with E-state index in [0.29, 0.717) is 0 Å². The van der Waals surface area contributed by atoms with Gasteiger partial charge in [0, 0.05) is 6.54 Å². The summed E-state index contributed by atoms with van der Waals surface area (Å²) in [7, 11) is 2.15. The Balaban J connectivity index is 0.000000640. The number of halogens is 1. The number of nitrogens with zero attached hydrogens (tertiary/aromatic N) is 1. The first-order chi connectivity index (χ1) is 3.83. The maximum atomic E-state index is 5.47. The Morgan fingerprint density at radius 3 is 2.56 bits per heavy atom. The van der Waals surface area contributed by atoms with E-state index in [0.717, 1.165) is 12.5 Å². The second-order valence-corrected chi connectivity index (χ2v) is 2.65. The molecule has 2 nitrogen and oxygen atoms in total. The summed E-state index contributed by atoms with van der Waals surface area (Å²) in [5, 5.41) is 0. The van der Waals surface area contributed by atoms with E-state index < -0.39 is 0 Å². The number of likely N-dealkylation sites (tertiary alicyclic amines) is 1. The van der Waals surface area contributed by atoms with Crippen molar-refractivity contribution in [2.24, 2.45) is 11.7 Å². The van der Waals surface area contributed by atoms with E-state index in [1.807, 2.05) is 0 Å². The molecule has 0 aliphatic carbocycles. The summed E-state index contributed by atoms with van der Waals surface area (Å²) in [4.78, 5) is 2.33. The summed E-state index contributed by atoms with van der Waals surface area (Å²) in [5.41, 5.74) is 5.47. The number of hydrogen-bond donors (Lipinski definition) is 1. The average Bonchev–Trinajstić information content (AvgIpc) is 2.14. The Morgan fingerprint density at radius 1 is 1.67 bits per heavy atom. The van der Waals surface area contributed by atoms with Crippen molar-refractivity contribution in [3.8, 4) is 0 Å². The van der Waals surface area contributed by atoms with E-state index in [1.165, 1.54) is 19.5 Å². The molecule has 1 saturated heterocycles. The minimum absolute atomic E-state index is 0. The van der Waals surface area contributed by atoms with Gasteiger partial charge in [0.05, 0.1) is 0 Å². The van der Waals surface area contributed by atoms with Crippen LogP contribution in [0, 0.1) is 5.92 Å². The third-order valence-electron chi connectivity index (χ3n) is 1.82. The fourth-order valence-electron chi connectivity index (χ4n) is 1.22. The quantitative estimate of drug-likeness (QED) is 0.659. The highest BCUT2D eigenvalue weighted by molar-refractivity contribution is 8.93. The first kappa shape index (κ1) is 9.40. The van der Waals surface area contributed by atoms with Crippen molar-refractivity contribution < 1.29 is 0 Å². The van der Waals surface area contributed by atoms with E-state index in [-0.39, 0.29) is 17.0 Å². The molecule has 1 rings (SSSR count). The van der Waals surface area contributed by atoms with Crippen LogP contribution < -0.4 is 5.73 Å². The molecule has 56 valence electrons. The zero-order chi connectivity index (χ0) is 5.98. The van der Waals surface area contributed by atoms with Gasteiger partial charge >= 0.3 is 0 Å². The summed E-state index contributed by atoms with van der Waals surface area (Å²) in [5.74, 6) is 0.778. The van der Waals surface area contributed by atoms with Crippen LogP contribution in [0.3, 0.4) is 0 Å². The minimum Gasteiger partial charge on any atom is -0.330 e. The molecule has 1 unspecified atom stereocenters. The highest BCUT2D eigenvalue weighted by Crippen LogP contribution is 2.11. The third kappa shape index (κ3) is 2.65. The molecule has 1 aliphatic rings. The van der Waals surface area contributed by atoms with Crippen molar-refractivity contribution in [1.82, 2.24) is 4.90 Å². The second kappa shape index (κ2) is 4.25. The van der Waals surface area contributed by atoms with Gasteiger partial charge in [-0.3, -0.25) is 0 Å². The number of hydrogen-bond acceptors (Lipinski definition) is 2. The van der Waals surface area contributed by atoms with Gasteiger partial charge in [-0.2, -0.15) is 0 Å². The predicted octanol–water partition coefficient (Wildman–Crippen LogP) is 0.475.